The second-order valence-electron chi connectivity index (χ2n) is 8.53. The van der Waals surface area contributed by atoms with E-state index >= 15 is 0 Å². The highest BCUT2D eigenvalue weighted by Crippen LogP contribution is 2.17. The van der Waals surface area contributed by atoms with E-state index in [4.69, 9.17) is 10.5 Å². The number of benzene rings is 2. The number of aryl methyl sites for hydroxylation is 1. The lowest BCUT2D eigenvalue weighted by Crippen LogP contribution is -2.10. The molecule has 8 nitrogen and oxygen atoms in total. The van der Waals surface area contributed by atoms with Crippen LogP contribution < -0.4 is 11.1 Å². The van der Waals surface area contributed by atoms with E-state index in [1.165, 1.54) is 11.1 Å². The third kappa shape index (κ3) is 7.39. The zero-order valence-electron chi connectivity index (χ0n) is 21.5. The topological polar surface area (TPSA) is 108 Å². The Balaban J connectivity index is 0.000000194. The second-order valence-corrected chi connectivity index (χ2v) is 8.53. The smallest absolute Gasteiger partial charge is 0.306 e. The number of hydrogen-bond acceptors (Lipinski definition) is 7. The minimum atomic E-state index is -0.196. The van der Waals surface area contributed by atoms with Crippen LogP contribution in [0.1, 0.15) is 30.3 Å². The van der Waals surface area contributed by atoms with E-state index in [9.17, 15) is 4.79 Å². The lowest BCUT2D eigenvalue weighted by Gasteiger charge is -2.08. The molecular formula is C30H32N6O2. The van der Waals surface area contributed by atoms with Crippen molar-refractivity contribution in [2.24, 2.45) is 0 Å². The van der Waals surface area contributed by atoms with E-state index < -0.39 is 0 Å². The fourth-order valence-electron chi connectivity index (χ4n) is 3.92. The molecular weight excluding hydrogens is 476 g/mol. The number of nitrogens with zero attached hydrogens (tertiary/aromatic N) is 4. The van der Waals surface area contributed by atoms with Crippen molar-refractivity contribution in [2.75, 3.05) is 17.7 Å². The molecule has 0 atom stereocenters. The Morgan fingerprint density at radius 3 is 2.29 bits per heavy atom. The van der Waals surface area contributed by atoms with Crippen molar-refractivity contribution in [2.45, 2.75) is 32.9 Å². The Morgan fingerprint density at radius 1 is 0.895 bits per heavy atom. The summed E-state index contributed by atoms with van der Waals surface area (Å²) in [5.41, 5.74) is 10.5. The first-order valence-electron chi connectivity index (χ1n) is 12.6. The van der Waals surface area contributed by atoms with Gasteiger partial charge in [0.05, 0.1) is 25.3 Å². The van der Waals surface area contributed by atoms with E-state index in [-0.39, 0.29) is 5.97 Å². The molecule has 0 radical (unpaired) electrons. The van der Waals surface area contributed by atoms with Crippen LogP contribution in [0.15, 0.2) is 97.3 Å². The van der Waals surface area contributed by atoms with Crippen LogP contribution in [0.25, 0.3) is 11.2 Å². The van der Waals surface area contributed by atoms with Gasteiger partial charge in [-0.15, -0.1) is 0 Å². The Labute approximate surface area is 222 Å². The average Bonchev–Trinajstić information content (AvgIpc) is 3.30. The summed E-state index contributed by atoms with van der Waals surface area (Å²) in [7, 11) is 0. The molecule has 0 aliphatic heterocycles. The molecule has 3 heterocycles. The van der Waals surface area contributed by atoms with Gasteiger partial charge in [-0.25, -0.2) is 15.0 Å². The maximum atomic E-state index is 11.6. The largest absolute Gasteiger partial charge is 0.466 e. The Kier molecular flexibility index (Phi) is 9.39. The molecule has 38 heavy (non-hydrogen) atoms. The molecule has 0 amide bonds. The lowest BCUT2D eigenvalue weighted by atomic mass is 10.2. The highest BCUT2D eigenvalue weighted by atomic mass is 16.5. The van der Waals surface area contributed by atoms with Crippen LogP contribution in [0.5, 0.6) is 0 Å². The Bertz CT molecular complexity index is 1440. The molecule has 194 valence electrons. The number of anilines is 2. The van der Waals surface area contributed by atoms with Gasteiger partial charge in [0, 0.05) is 25.4 Å². The second kappa shape index (κ2) is 13.5. The van der Waals surface area contributed by atoms with Crippen LogP contribution in [0.2, 0.25) is 0 Å². The summed E-state index contributed by atoms with van der Waals surface area (Å²) in [5, 5.41) is 3.19. The number of rotatable bonds is 9. The fraction of sp³-hybridized carbons (Fsp3) is 0.200. The van der Waals surface area contributed by atoms with Crippen LogP contribution in [0.4, 0.5) is 11.5 Å². The number of carbonyl (C=O) groups is 1. The summed E-state index contributed by atoms with van der Waals surface area (Å²) in [5.74, 6) is 1.40. The number of imidazole rings is 1. The van der Waals surface area contributed by atoms with Crippen molar-refractivity contribution in [3.8, 4) is 0 Å². The van der Waals surface area contributed by atoms with Gasteiger partial charge in [-0.3, -0.25) is 4.79 Å². The van der Waals surface area contributed by atoms with Gasteiger partial charge in [0.25, 0.3) is 0 Å². The molecule has 5 aromatic rings. The molecule has 8 heteroatoms. The predicted octanol–water partition coefficient (Wildman–Crippen LogP) is 5.25. The van der Waals surface area contributed by atoms with Crippen LogP contribution in [-0.4, -0.2) is 32.1 Å². The number of aromatic nitrogens is 4. The molecule has 0 fully saturated rings. The third-order valence-electron chi connectivity index (χ3n) is 5.77. The lowest BCUT2D eigenvalue weighted by molar-refractivity contribution is -0.143. The monoisotopic (exact) mass is 508 g/mol. The van der Waals surface area contributed by atoms with E-state index in [0.29, 0.717) is 31.7 Å². The first-order chi connectivity index (χ1) is 18.6. The molecule has 0 aliphatic rings. The highest BCUT2D eigenvalue weighted by Gasteiger charge is 2.14. The molecule has 3 aromatic heterocycles. The van der Waals surface area contributed by atoms with Crippen molar-refractivity contribution in [1.29, 1.82) is 0 Å². The molecule has 5 rings (SSSR count). The number of nitrogen functional groups attached to an aromatic ring is 1. The summed E-state index contributed by atoms with van der Waals surface area (Å²) in [4.78, 5) is 24.9. The fourth-order valence-corrected chi connectivity index (χ4v) is 3.92. The van der Waals surface area contributed by atoms with Gasteiger partial charge < -0.3 is 20.4 Å². The van der Waals surface area contributed by atoms with E-state index in [2.05, 4.69) is 49.1 Å². The van der Waals surface area contributed by atoms with Gasteiger partial charge in [0.1, 0.15) is 17.2 Å². The maximum Gasteiger partial charge on any atom is 0.306 e. The first-order valence-corrected chi connectivity index (χ1v) is 12.6. The quantitative estimate of drug-likeness (QED) is 0.262. The zero-order chi connectivity index (χ0) is 26.6. The summed E-state index contributed by atoms with van der Waals surface area (Å²) in [6.07, 6.45) is 4.36. The molecule has 0 aliphatic carbocycles. The van der Waals surface area contributed by atoms with Gasteiger partial charge in [-0.05, 0) is 42.3 Å². The van der Waals surface area contributed by atoms with Crippen LogP contribution in [-0.2, 0) is 29.0 Å². The minimum Gasteiger partial charge on any atom is -0.466 e. The van der Waals surface area contributed by atoms with Gasteiger partial charge in [-0.2, -0.15) is 0 Å². The van der Waals surface area contributed by atoms with Gasteiger partial charge in [0.2, 0.25) is 0 Å². The van der Waals surface area contributed by atoms with E-state index in [1.807, 2.05) is 67.6 Å². The molecule has 0 spiro atoms. The summed E-state index contributed by atoms with van der Waals surface area (Å²) >= 11 is 0. The van der Waals surface area contributed by atoms with Crippen LogP contribution in [0, 0.1) is 0 Å². The number of nitrogens with one attached hydrogen (secondary N) is 1. The number of fused-ring (bicyclic) bond motifs is 1. The molecule has 0 unspecified atom stereocenters. The summed E-state index contributed by atoms with van der Waals surface area (Å²) in [6.45, 7) is 3.64. The van der Waals surface area contributed by atoms with Gasteiger partial charge in [-0.1, -0.05) is 60.7 Å². The van der Waals surface area contributed by atoms with Crippen molar-refractivity contribution in [3.63, 3.8) is 0 Å². The predicted molar refractivity (Wildman–Crippen MR) is 150 cm³/mol. The molecule has 3 N–H and O–H groups in total. The highest BCUT2D eigenvalue weighted by molar-refractivity contribution is 5.72. The molecule has 0 saturated heterocycles. The first kappa shape index (κ1) is 26.3. The molecule has 2 aromatic carbocycles. The van der Waals surface area contributed by atoms with Gasteiger partial charge >= 0.3 is 5.97 Å². The SMILES string of the molecule is CCOC(=O)CCc1nc2cccnc2n1Cc1ccccc1.Nc1cccnc1NCc1ccccc1. The zero-order valence-corrected chi connectivity index (χ0v) is 21.5. The van der Waals surface area contributed by atoms with E-state index in [1.54, 1.807) is 12.4 Å². The molecule has 0 saturated carbocycles. The average molecular weight is 509 g/mol. The molecule has 0 bridgehead atoms. The van der Waals surface area contributed by atoms with Gasteiger partial charge in [0.15, 0.2) is 5.65 Å². The number of carbonyl (C=O) groups excluding carboxylic acids is 1. The number of ether oxygens (including phenoxy) is 1. The number of pyridine rings is 2. The number of hydrogen-bond donors (Lipinski definition) is 2. The minimum absolute atomic E-state index is 0.196. The Hall–Kier alpha value is -4.72. The summed E-state index contributed by atoms with van der Waals surface area (Å²) < 4.78 is 7.08. The van der Waals surface area contributed by atoms with Crippen molar-refractivity contribution in [1.82, 2.24) is 19.5 Å². The Morgan fingerprint density at radius 2 is 1.58 bits per heavy atom. The van der Waals surface area contributed by atoms with Crippen LogP contribution >= 0.6 is 0 Å². The maximum absolute atomic E-state index is 11.6. The van der Waals surface area contributed by atoms with Crippen molar-refractivity contribution in [3.05, 3.63) is 114 Å². The number of nitrogens with two attached hydrogens (primary N) is 1. The summed E-state index contributed by atoms with van der Waals surface area (Å²) in [6, 6.07) is 27.8. The standard InChI is InChI=1S/C18H19N3O2.C12H13N3/c1-2-23-17(22)11-10-16-20-15-9-6-12-19-18(15)21(16)13-14-7-4-3-5-8-14;13-11-7-4-8-14-12(11)15-9-10-5-2-1-3-6-10/h3-9,12H,2,10-11,13H2,1H3;1-8H,9,13H2,(H,14,15). The van der Waals surface area contributed by atoms with Crippen molar-refractivity contribution >= 4 is 28.6 Å². The number of esters is 1. The third-order valence-corrected chi connectivity index (χ3v) is 5.77. The van der Waals surface area contributed by atoms with Crippen molar-refractivity contribution < 1.29 is 9.53 Å². The normalized spacial score (nSPS) is 10.4. The van der Waals surface area contributed by atoms with Crippen LogP contribution in [0.3, 0.4) is 0 Å². The van der Waals surface area contributed by atoms with E-state index in [0.717, 1.165) is 29.4 Å².